The molecule has 0 bridgehead atoms. The monoisotopic (exact) mass is 238 g/mol. The second-order valence-electron chi connectivity index (χ2n) is 4.95. The fourth-order valence-corrected chi connectivity index (χ4v) is 3.84. The lowest BCUT2D eigenvalue weighted by molar-refractivity contribution is 0.200. The molecule has 1 aliphatic rings. The highest BCUT2D eigenvalue weighted by atomic mass is 32.1. The first-order valence-electron chi connectivity index (χ1n) is 6.15. The molecule has 1 aliphatic heterocycles. The average molecular weight is 238 g/mol. The maximum atomic E-state index is 5.99. The summed E-state index contributed by atoms with van der Waals surface area (Å²) in [6, 6.07) is 2.22. The van der Waals surface area contributed by atoms with Crippen LogP contribution in [0.25, 0.3) is 0 Å². The van der Waals surface area contributed by atoms with Crippen molar-refractivity contribution in [3.63, 3.8) is 0 Å². The largest absolute Gasteiger partial charge is 0.330 e. The third kappa shape index (κ3) is 2.47. The van der Waals surface area contributed by atoms with Crippen molar-refractivity contribution in [2.24, 2.45) is 11.7 Å². The van der Waals surface area contributed by atoms with E-state index in [9.17, 15) is 0 Å². The molecule has 1 aromatic heterocycles. The van der Waals surface area contributed by atoms with Crippen LogP contribution in [-0.4, -0.2) is 31.6 Å². The van der Waals surface area contributed by atoms with Gasteiger partial charge in [-0.3, -0.25) is 0 Å². The van der Waals surface area contributed by atoms with E-state index >= 15 is 0 Å². The number of likely N-dealkylation sites (tertiary alicyclic amines) is 1. The van der Waals surface area contributed by atoms with Crippen LogP contribution in [0.5, 0.6) is 0 Å². The van der Waals surface area contributed by atoms with Crippen LogP contribution in [0.2, 0.25) is 0 Å². The van der Waals surface area contributed by atoms with E-state index in [1.165, 1.54) is 36.4 Å². The quantitative estimate of drug-likeness (QED) is 0.876. The molecule has 1 unspecified atom stereocenters. The summed E-state index contributed by atoms with van der Waals surface area (Å²) in [6.45, 7) is 5.47. The Morgan fingerprint density at radius 2 is 2.19 bits per heavy atom. The van der Waals surface area contributed by atoms with Gasteiger partial charge in [0.15, 0.2) is 0 Å². The van der Waals surface area contributed by atoms with E-state index < -0.39 is 0 Å². The summed E-state index contributed by atoms with van der Waals surface area (Å²) in [5, 5.41) is 2.20. The van der Waals surface area contributed by atoms with Crippen LogP contribution >= 0.6 is 11.3 Å². The van der Waals surface area contributed by atoms with Gasteiger partial charge in [-0.2, -0.15) is 0 Å². The van der Waals surface area contributed by atoms with E-state index in [1.807, 2.05) is 11.3 Å². The van der Waals surface area contributed by atoms with E-state index in [0.29, 0.717) is 5.92 Å². The zero-order valence-corrected chi connectivity index (χ0v) is 11.1. The molecule has 0 radical (unpaired) electrons. The van der Waals surface area contributed by atoms with Gasteiger partial charge >= 0.3 is 0 Å². The third-order valence-corrected chi connectivity index (χ3v) is 4.98. The minimum Gasteiger partial charge on any atom is -0.330 e. The fourth-order valence-electron chi connectivity index (χ4n) is 2.71. The summed E-state index contributed by atoms with van der Waals surface area (Å²) in [5.41, 5.74) is 7.42. The van der Waals surface area contributed by atoms with Crippen molar-refractivity contribution in [3.05, 3.63) is 21.9 Å². The molecule has 0 aliphatic carbocycles. The zero-order valence-electron chi connectivity index (χ0n) is 10.3. The molecule has 1 aromatic rings. The number of thiophene rings is 1. The molecule has 0 saturated carbocycles. The van der Waals surface area contributed by atoms with Crippen molar-refractivity contribution in [1.29, 1.82) is 0 Å². The number of hydrogen-bond donors (Lipinski definition) is 1. The second kappa shape index (κ2) is 5.30. The van der Waals surface area contributed by atoms with Crippen LogP contribution in [0.15, 0.2) is 11.4 Å². The Balaban J connectivity index is 2.08. The van der Waals surface area contributed by atoms with Gasteiger partial charge < -0.3 is 10.6 Å². The Morgan fingerprint density at radius 3 is 2.69 bits per heavy atom. The summed E-state index contributed by atoms with van der Waals surface area (Å²) in [5.74, 6) is 1.38. The molecule has 2 nitrogen and oxygen atoms in total. The molecule has 1 atom stereocenters. The predicted molar refractivity (Wildman–Crippen MR) is 71.1 cm³/mol. The maximum absolute atomic E-state index is 5.99. The van der Waals surface area contributed by atoms with Crippen LogP contribution in [0.4, 0.5) is 0 Å². The number of nitrogens with zero attached hydrogens (tertiary/aromatic N) is 1. The second-order valence-corrected chi connectivity index (χ2v) is 5.90. The molecule has 90 valence electrons. The predicted octanol–water partition coefficient (Wildman–Crippen LogP) is 2.44. The van der Waals surface area contributed by atoms with Gasteiger partial charge in [-0.1, -0.05) is 0 Å². The van der Waals surface area contributed by atoms with Crippen molar-refractivity contribution in [1.82, 2.24) is 4.90 Å². The van der Waals surface area contributed by atoms with Crippen LogP contribution in [-0.2, 0) is 0 Å². The molecule has 1 fully saturated rings. The number of nitrogens with two attached hydrogens (primary N) is 1. The van der Waals surface area contributed by atoms with E-state index in [2.05, 4.69) is 30.3 Å². The van der Waals surface area contributed by atoms with Crippen molar-refractivity contribution in [2.75, 3.05) is 26.7 Å². The summed E-state index contributed by atoms with van der Waals surface area (Å²) in [4.78, 5) is 3.95. The summed E-state index contributed by atoms with van der Waals surface area (Å²) in [7, 11) is 2.21. The zero-order chi connectivity index (χ0) is 11.5. The van der Waals surface area contributed by atoms with E-state index in [1.54, 1.807) is 0 Å². The summed E-state index contributed by atoms with van der Waals surface area (Å²) in [6.07, 6.45) is 2.60. The van der Waals surface area contributed by atoms with Gasteiger partial charge in [0.25, 0.3) is 0 Å². The molecule has 0 aromatic carbocycles. The SMILES string of the molecule is Cc1ccsc1C(CN)C1CCN(C)CC1. The molecular weight excluding hydrogens is 216 g/mol. The lowest BCUT2D eigenvalue weighted by atomic mass is 9.82. The average Bonchev–Trinajstić information content (AvgIpc) is 2.69. The lowest BCUT2D eigenvalue weighted by Crippen LogP contribution is -2.34. The molecule has 0 spiro atoms. The molecule has 2 N–H and O–H groups in total. The molecular formula is C13H22N2S. The van der Waals surface area contributed by atoms with Gasteiger partial charge in [-0.15, -0.1) is 11.3 Å². The number of piperidine rings is 1. The van der Waals surface area contributed by atoms with Crippen molar-refractivity contribution < 1.29 is 0 Å². The molecule has 0 amide bonds. The van der Waals surface area contributed by atoms with Crippen LogP contribution in [0.3, 0.4) is 0 Å². The Bertz CT molecular complexity index is 326. The lowest BCUT2D eigenvalue weighted by Gasteiger charge is -2.33. The van der Waals surface area contributed by atoms with Crippen LogP contribution < -0.4 is 5.73 Å². The van der Waals surface area contributed by atoms with Crippen LogP contribution in [0, 0.1) is 12.8 Å². The van der Waals surface area contributed by atoms with Crippen molar-refractivity contribution >= 4 is 11.3 Å². The van der Waals surface area contributed by atoms with Gasteiger partial charge in [0.2, 0.25) is 0 Å². The molecule has 3 heteroatoms. The topological polar surface area (TPSA) is 29.3 Å². The summed E-state index contributed by atoms with van der Waals surface area (Å²) >= 11 is 1.88. The molecule has 16 heavy (non-hydrogen) atoms. The molecule has 1 saturated heterocycles. The highest BCUT2D eigenvalue weighted by molar-refractivity contribution is 7.10. The van der Waals surface area contributed by atoms with Crippen molar-refractivity contribution in [2.45, 2.75) is 25.7 Å². The molecule has 2 heterocycles. The third-order valence-electron chi connectivity index (χ3n) is 3.82. The highest BCUT2D eigenvalue weighted by Crippen LogP contribution is 2.35. The normalized spacial score (nSPS) is 21.2. The maximum Gasteiger partial charge on any atom is 0.0121 e. The van der Waals surface area contributed by atoms with Crippen molar-refractivity contribution in [3.8, 4) is 0 Å². The van der Waals surface area contributed by atoms with Gasteiger partial charge in [-0.05, 0) is 62.8 Å². The smallest absolute Gasteiger partial charge is 0.0121 e. The van der Waals surface area contributed by atoms with Gasteiger partial charge in [0.05, 0.1) is 0 Å². The Labute approximate surface area is 102 Å². The summed E-state index contributed by atoms with van der Waals surface area (Å²) < 4.78 is 0. The van der Waals surface area contributed by atoms with E-state index in [4.69, 9.17) is 5.73 Å². The number of aryl methyl sites for hydroxylation is 1. The Kier molecular flexibility index (Phi) is 4.00. The van der Waals surface area contributed by atoms with Gasteiger partial charge in [0.1, 0.15) is 0 Å². The minimum absolute atomic E-state index is 0.591. The number of hydrogen-bond acceptors (Lipinski definition) is 3. The minimum atomic E-state index is 0.591. The first kappa shape index (κ1) is 12.1. The molecule has 2 rings (SSSR count). The Morgan fingerprint density at radius 1 is 1.50 bits per heavy atom. The Hall–Kier alpha value is -0.380. The standard InChI is InChI=1S/C13H22N2S/c1-10-5-8-16-13(10)12(9-14)11-3-6-15(2)7-4-11/h5,8,11-12H,3-4,6-7,9,14H2,1-2H3. The van der Waals surface area contributed by atoms with E-state index in [0.717, 1.165) is 12.5 Å². The van der Waals surface area contributed by atoms with Gasteiger partial charge in [-0.25, -0.2) is 0 Å². The first-order chi connectivity index (χ1) is 7.72. The number of rotatable bonds is 3. The van der Waals surface area contributed by atoms with Crippen LogP contribution in [0.1, 0.15) is 29.2 Å². The first-order valence-corrected chi connectivity index (χ1v) is 7.03. The fraction of sp³-hybridized carbons (Fsp3) is 0.692. The highest BCUT2D eigenvalue weighted by Gasteiger charge is 2.27. The van der Waals surface area contributed by atoms with Gasteiger partial charge in [0, 0.05) is 17.3 Å². The van der Waals surface area contributed by atoms with E-state index in [-0.39, 0.29) is 0 Å².